The summed E-state index contributed by atoms with van der Waals surface area (Å²) in [7, 11) is 0. The van der Waals surface area contributed by atoms with Crippen molar-refractivity contribution in [2.45, 2.75) is 38.1 Å². The molecule has 0 saturated heterocycles. The maximum atomic E-state index is 3.43. The first-order valence-electron chi connectivity index (χ1n) is 5.65. The summed E-state index contributed by atoms with van der Waals surface area (Å²) in [6.07, 6.45) is 1.23. The molecule has 0 spiro atoms. The minimum Gasteiger partial charge on any atom is -0.315 e. The van der Waals surface area contributed by atoms with Gasteiger partial charge in [0.15, 0.2) is 0 Å². The highest BCUT2D eigenvalue weighted by atomic mass is 32.2. The second-order valence-corrected chi connectivity index (χ2v) is 5.08. The lowest BCUT2D eigenvalue weighted by atomic mass is 10.2. The first-order valence-corrected chi connectivity index (χ1v) is 6.63. The Bertz CT molecular complexity index is 268. The highest BCUT2D eigenvalue weighted by Gasteiger charge is 1.99. The molecule has 2 heteroatoms. The Morgan fingerprint density at radius 3 is 2.53 bits per heavy atom. The van der Waals surface area contributed by atoms with E-state index in [9.17, 15) is 0 Å². The highest BCUT2D eigenvalue weighted by molar-refractivity contribution is 7.99. The number of rotatable bonds is 6. The molecule has 0 heterocycles. The third-order valence-electron chi connectivity index (χ3n) is 2.39. The van der Waals surface area contributed by atoms with Crippen molar-refractivity contribution in [1.82, 2.24) is 5.32 Å². The fraction of sp³-hybridized carbons (Fsp3) is 0.538. The van der Waals surface area contributed by atoms with Gasteiger partial charge in [0.1, 0.15) is 0 Å². The summed E-state index contributed by atoms with van der Waals surface area (Å²) in [6.45, 7) is 7.60. The van der Waals surface area contributed by atoms with E-state index in [-0.39, 0.29) is 0 Å². The molecule has 0 amide bonds. The zero-order chi connectivity index (χ0) is 11.1. The minimum absolute atomic E-state index is 0.632. The number of aryl methyl sites for hydroxylation is 1. The molecular weight excluding hydrogens is 202 g/mol. The summed E-state index contributed by atoms with van der Waals surface area (Å²) < 4.78 is 0. The van der Waals surface area contributed by atoms with E-state index < -0.39 is 0 Å². The minimum atomic E-state index is 0.632. The third kappa shape index (κ3) is 5.24. The zero-order valence-electron chi connectivity index (χ0n) is 9.92. The molecule has 84 valence electrons. The van der Waals surface area contributed by atoms with Gasteiger partial charge in [-0.25, -0.2) is 0 Å². The van der Waals surface area contributed by atoms with E-state index >= 15 is 0 Å². The van der Waals surface area contributed by atoms with Crippen LogP contribution in [-0.2, 0) is 0 Å². The van der Waals surface area contributed by atoms with Crippen LogP contribution in [0.1, 0.15) is 25.8 Å². The Morgan fingerprint density at radius 2 is 1.93 bits per heavy atom. The van der Waals surface area contributed by atoms with Crippen LogP contribution in [0.2, 0.25) is 0 Å². The Balaban J connectivity index is 2.22. The Hall–Kier alpha value is -0.470. The molecule has 1 nitrogen and oxygen atoms in total. The van der Waals surface area contributed by atoms with E-state index in [1.54, 1.807) is 0 Å². The first kappa shape index (κ1) is 12.6. The standard InChI is InChI=1S/C13H21NS/c1-4-14-12(3)9-10-15-13-7-5-11(2)6-8-13/h5-8,12,14H,4,9-10H2,1-3H3. The number of thioether (sulfide) groups is 1. The molecule has 0 aliphatic heterocycles. The topological polar surface area (TPSA) is 12.0 Å². The van der Waals surface area contributed by atoms with E-state index in [0.29, 0.717) is 6.04 Å². The number of nitrogens with one attached hydrogen (secondary N) is 1. The maximum absolute atomic E-state index is 3.43. The smallest absolute Gasteiger partial charge is 0.00721 e. The molecule has 1 rings (SSSR count). The van der Waals surface area contributed by atoms with Crippen molar-refractivity contribution in [3.8, 4) is 0 Å². The van der Waals surface area contributed by atoms with Crippen LogP contribution >= 0.6 is 11.8 Å². The summed E-state index contributed by atoms with van der Waals surface area (Å²) in [5.74, 6) is 1.19. The largest absolute Gasteiger partial charge is 0.315 e. The van der Waals surface area contributed by atoms with Crippen LogP contribution in [0.25, 0.3) is 0 Å². The lowest BCUT2D eigenvalue weighted by molar-refractivity contribution is 0.556. The van der Waals surface area contributed by atoms with Gasteiger partial charge >= 0.3 is 0 Å². The van der Waals surface area contributed by atoms with Gasteiger partial charge < -0.3 is 5.32 Å². The molecule has 1 N–H and O–H groups in total. The predicted octanol–water partition coefficient (Wildman–Crippen LogP) is 3.48. The van der Waals surface area contributed by atoms with Crippen molar-refractivity contribution in [2.24, 2.45) is 0 Å². The monoisotopic (exact) mass is 223 g/mol. The average Bonchev–Trinajstić information content (AvgIpc) is 2.21. The van der Waals surface area contributed by atoms with Crippen molar-refractivity contribution in [3.63, 3.8) is 0 Å². The summed E-state index contributed by atoms with van der Waals surface area (Å²) in [6, 6.07) is 9.40. The lowest BCUT2D eigenvalue weighted by Gasteiger charge is -2.11. The summed E-state index contributed by atoms with van der Waals surface area (Å²) in [5.41, 5.74) is 1.33. The van der Waals surface area contributed by atoms with E-state index in [1.165, 1.54) is 22.6 Å². The lowest BCUT2D eigenvalue weighted by Crippen LogP contribution is -2.25. The normalized spacial score (nSPS) is 12.7. The van der Waals surface area contributed by atoms with Crippen LogP contribution in [0.3, 0.4) is 0 Å². The zero-order valence-corrected chi connectivity index (χ0v) is 10.7. The van der Waals surface area contributed by atoms with Gasteiger partial charge in [0.2, 0.25) is 0 Å². The molecule has 1 atom stereocenters. The fourth-order valence-electron chi connectivity index (χ4n) is 1.44. The van der Waals surface area contributed by atoms with Gasteiger partial charge in [-0.1, -0.05) is 24.6 Å². The van der Waals surface area contributed by atoms with Crippen LogP contribution in [0.4, 0.5) is 0 Å². The Kier molecular flexibility index (Phi) is 5.81. The predicted molar refractivity (Wildman–Crippen MR) is 69.7 cm³/mol. The first-order chi connectivity index (χ1) is 7.22. The van der Waals surface area contributed by atoms with Gasteiger partial charge in [0.25, 0.3) is 0 Å². The quantitative estimate of drug-likeness (QED) is 0.741. The number of benzene rings is 1. The second kappa shape index (κ2) is 6.91. The van der Waals surface area contributed by atoms with Crippen molar-refractivity contribution >= 4 is 11.8 Å². The average molecular weight is 223 g/mol. The van der Waals surface area contributed by atoms with Crippen LogP contribution in [0, 0.1) is 6.92 Å². The van der Waals surface area contributed by atoms with Crippen LogP contribution in [0.15, 0.2) is 29.2 Å². The molecule has 0 saturated carbocycles. The molecule has 15 heavy (non-hydrogen) atoms. The summed E-state index contributed by atoms with van der Waals surface area (Å²) in [5, 5.41) is 3.43. The molecule has 0 radical (unpaired) electrons. The van der Waals surface area contributed by atoms with Gasteiger partial charge in [0, 0.05) is 10.9 Å². The van der Waals surface area contributed by atoms with Crippen LogP contribution in [0.5, 0.6) is 0 Å². The molecule has 0 aliphatic rings. The number of hydrogen-bond donors (Lipinski definition) is 1. The van der Waals surface area contributed by atoms with Gasteiger partial charge in [-0.2, -0.15) is 0 Å². The van der Waals surface area contributed by atoms with Crippen molar-refractivity contribution in [2.75, 3.05) is 12.3 Å². The SMILES string of the molecule is CCNC(C)CCSc1ccc(C)cc1. The fourth-order valence-corrected chi connectivity index (χ4v) is 2.47. The second-order valence-electron chi connectivity index (χ2n) is 3.91. The Labute approximate surface area is 97.7 Å². The molecule has 1 aromatic carbocycles. The van der Waals surface area contributed by atoms with E-state index in [2.05, 4.69) is 50.4 Å². The van der Waals surface area contributed by atoms with E-state index in [1.807, 2.05) is 11.8 Å². The van der Waals surface area contributed by atoms with Gasteiger partial charge in [-0.05, 0) is 44.7 Å². The molecule has 0 bridgehead atoms. The van der Waals surface area contributed by atoms with Crippen LogP contribution < -0.4 is 5.32 Å². The molecule has 0 aromatic heterocycles. The summed E-state index contributed by atoms with van der Waals surface area (Å²) >= 11 is 1.94. The van der Waals surface area contributed by atoms with Crippen LogP contribution in [-0.4, -0.2) is 18.3 Å². The van der Waals surface area contributed by atoms with Gasteiger partial charge in [0.05, 0.1) is 0 Å². The van der Waals surface area contributed by atoms with E-state index in [4.69, 9.17) is 0 Å². The number of hydrogen-bond acceptors (Lipinski definition) is 2. The molecule has 0 fully saturated rings. The highest BCUT2D eigenvalue weighted by Crippen LogP contribution is 2.19. The molecule has 0 aliphatic carbocycles. The molecule has 1 aromatic rings. The summed E-state index contributed by atoms with van der Waals surface area (Å²) in [4.78, 5) is 1.38. The maximum Gasteiger partial charge on any atom is 0.00721 e. The Morgan fingerprint density at radius 1 is 1.27 bits per heavy atom. The van der Waals surface area contributed by atoms with Crippen molar-refractivity contribution in [3.05, 3.63) is 29.8 Å². The van der Waals surface area contributed by atoms with Gasteiger partial charge in [-0.3, -0.25) is 0 Å². The van der Waals surface area contributed by atoms with E-state index in [0.717, 1.165) is 6.54 Å². The van der Waals surface area contributed by atoms with Gasteiger partial charge in [-0.15, -0.1) is 11.8 Å². The molecular formula is C13H21NS. The molecule has 1 unspecified atom stereocenters. The third-order valence-corrected chi connectivity index (χ3v) is 3.44. The van der Waals surface area contributed by atoms with Crippen molar-refractivity contribution < 1.29 is 0 Å². The van der Waals surface area contributed by atoms with Crippen molar-refractivity contribution in [1.29, 1.82) is 0 Å².